The fraction of sp³-hybridized carbons (Fsp3) is 0.217. The van der Waals surface area contributed by atoms with Gasteiger partial charge in [-0.15, -0.1) is 0 Å². The lowest BCUT2D eigenvalue weighted by Gasteiger charge is -2.42. The summed E-state index contributed by atoms with van der Waals surface area (Å²) in [6.45, 7) is 13.2. The van der Waals surface area contributed by atoms with Gasteiger partial charge in [-0.05, 0) is 107 Å². The molecule has 0 N–H and O–H groups in total. The molecule has 0 aliphatic carbocycles. The van der Waals surface area contributed by atoms with Crippen LogP contribution >= 0.6 is 0 Å². The Morgan fingerprint density at radius 2 is 0.745 bits per heavy atom. The number of para-hydroxylation sites is 4. The van der Waals surface area contributed by atoms with E-state index in [4.69, 9.17) is 0 Å². The van der Waals surface area contributed by atoms with Crippen molar-refractivity contribution in [1.82, 2.24) is 0 Å². The first-order chi connectivity index (χ1) is 24.5. The third kappa shape index (κ3) is 4.97. The van der Waals surface area contributed by atoms with Crippen LogP contribution in [-0.4, -0.2) is 8.42 Å². The van der Waals surface area contributed by atoms with Gasteiger partial charge in [0.15, 0.2) is 0 Å². The van der Waals surface area contributed by atoms with E-state index >= 15 is 0 Å². The number of nitrogens with zero attached hydrogens (tertiary/aromatic N) is 2. The molecule has 6 aromatic carbocycles. The Bertz CT molecular complexity index is 2180. The lowest BCUT2D eigenvalue weighted by atomic mass is 9.73. The van der Waals surface area contributed by atoms with Gasteiger partial charge >= 0.3 is 0 Å². The van der Waals surface area contributed by atoms with Gasteiger partial charge in [0.2, 0.25) is 9.84 Å². The zero-order chi connectivity index (χ0) is 35.7. The molecule has 0 bridgehead atoms. The van der Waals surface area contributed by atoms with Crippen molar-refractivity contribution in [3.63, 3.8) is 0 Å². The van der Waals surface area contributed by atoms with Gasteiger partial charge < -0.3 is 9.80 Å². The van der Waals surface area contributed by atoms with Gasteiger partial charge in [-0.25, -0.2) is 8.42 Å². The SMILES string of the molecule is CCc1cc(N2c3ccccc3C(C)(C)c3ccccc32)ccc1S(=O)(=O)c1ccc(N2c3ccccc3C(C)(C)c3ccccc32)cc1CC. The molecule has 0 saturated carbocycles. The summed E-state index contributed by atoms with van der Waals surface area (Å²) in [6, 6.07) is 45.9. The summed E-state index contributed by atoms with van der Waals surface area (Å²) in [5.74, 6) is 0. The molecular formula is C46H44N2O2S. The van der Waals surface area contributed by atoms with Crippen molar-refractivity contribution in [3.05, 3.63) is 167 Å². The number of aryl methyl sites for hydroxylation is 2. The summed E-state index contributed by atoms with van der Waals surface area (Å²) < 4.78 is 29.4. The van der Waals surface area contributed by atoms with Crippen LogP contribution in [0.25, 0.3) is 0 Å². The molecule has 0 amide bonds. The van der Waals surface area contributed by atoms with Crippen LogP contribution in [-0.2, 0) is 33.5 Å². The van der Waals surface area contributed by atoms with Crippen molar-refractivity contribution in [2.45, 2.75) is 75.0 Å². The predicted octanol–water partition coefficient (Wildman–Crippen LogP) is 11.9. The third-order valence-electron chi connectivity index (χ3n) is 11.2. The van der Waals surface area contributed by atoms with Crippen LogP contribution in [0.5, 0.6) is 0 Å². The van der Waals surface area contributed by atoms with Gasteiger partial charge in [-0.3, -0.25) is 0 Å². The lowest BCUT2D eigenvalue weighted by molar-refractivity contribution is 0.594. The molecule has 0 unspecified atom stereocenters. The van der Waals surface area contributed by atoms with E-state index in [1.807, 2.05) is 38.1 Å². The van der Waals surface area contributed by atoms with Gasteiger partial charge in [0, 0.05) is 22.2 Å². The van der Waals surface area contributed by atoms with E-state index in [9.17, 15) is 8.42 Å². The van der Waals surface area contributed by atoms with Gasteiger partial charge in [-0.1, -0.05) is 114 Å². The Hall–Kier alpha value is -5.13. The highest BCUT2D eigenvalue weighted by molar-refractivity contribution is 7.91. The van der Waals surface area contributed by atoms with Gasteiger partial charge in [-0.2, -0.15) is 0 Å². The zero-order valence-corrected chi connectivity index (χ0v) is 31.1. The van der Waals surface area contributed by atoms with E-state index in [1.54, 1.807) is 0 Å². The van der Waals surface area contributed by atoms with Crippen LogP contribution in [0.2, 0.25) is 0 Å². The molecule has 4 nitrogen and oxygen atoms in total. The Morgan fingerprint density at radius 3 is 1.04 bits per heavy atom. The number of fused-ring (bicyclic) bond motifs is 4. The van der Waals surface area contributed by atoms with Crippen LogP contribution in [0.1, 0.15) is 74.9 Å². The molecule has 0 fully saturated rings. The Morgan fingerprint density at radius 1 is 0.451 bits per heavy atom. The fourth-order valence-electron chi connectivity index (χ4n) is 8.50. The molecule has 0 aromatic heterocycles. The third-order valence-corrected chi connectivity index (χ3v) is 13.2. The largest absolute Gasteiger partial charge is 0.310 e. The van der Waals surface area contributed by atoms with Gasteiger partial charge in [0.25, 0.3) is 0 Å². The average molecular weight is 689 g/mol. The van der Waals surface area contributed by atoms with Crippen molar-refractivity contribution >= 4 is 44.0 Å². The van der Waals surface area contributed by atoms with E-state index in [0.29, 0.717) is 22.6 Å². The number of anilines is 6. The lowest BCUT2D eigenvalue weighted by Crippen LogP contribution is -2.30. The summed E-state index contributed by atoms with van der Waals surface area (Å²) in [6.07, 6.45) is 1.17. The zero-order valence-electron chi connectivity index (χ0n) is 30.2. The Balaban J connectivity index is 1.22. The topological polar surface area (TPSA) is 40.6 Å². The Kier molecular flexibility index (Phi) is 7.77. The minimum absolute atomic E-state index is 0.169. The first-order valence-electron chi connectivity index (χ1n) is 18.0. The van der Waals surface area contributed by atoms with E-state index in [2.05, 4.69) is 147 Å². The maximum atomic E-state index is 14.7. The number of rotatable bonds is 6. The number of benzene rings is 6. The number of hydrogen-bond acceptors (Lipinski definition) is 4. The summed E-state index contributed by atoms with van der Waals surface area (Å²) in [4.78, 5) is 5.30. The van der Waals surface area contributed by atoms with Crippen LogP contribution in [0.3, 0.4) is 0 Å². The van der Waals surface area contributed by atoms with E-state index in [-0.39, 0.29) is 10.8 Å². The van der Waals surface area contributed by atoms with E-state index in [0.717, 1.165) is 45.3 Å². The molecule has 0 atom stereocenters. The summed E-state index contributed by atoms with van der Waals surface area (Å²) in [5, 5.41) is 0. The average Bonchev–Trinajstić information content (AvgIpc) is 3.15. The number of hydrogen-bond donors (Lipinski definition) is 0. The molecule has 256 valence electrons. The van der Waals surface area contributed by atoms with Crippen LogP contribution < -0.4 is 9.80 Å². The summed E-state index contributed by atoms with van der Waals surface area (Å²) in [7, 11) is -3.84. The van der Waals surface area contributed by atoms with E-state index in [1.165, 1.54) is 22.3 Å². The highest BCUT2D eigenvalue weighted by Gasteiger charge is 2.38. The van der Waals surface area contributed by atoms with Crippen molar-refractivity contribution in [1.29, 1.82) is 0 Å². The fourth-order valence-corrected chi connectivity index (χ4v) is 10.3. The van der Waals surface area contributed by atoms with Crippen molar-refractivity contribution in [3.8, 4) is 0 Å². The number of sulfone groups is 1. The minimum Gasteiger partial charge on any atom is -0.310 e. The van der Waals surface area contributed by atoms with Crippen LogP contribution in [0.15, 0.2) is 143 Å². The Labute approximate surface area is 302 Å². The van der Waals surface area contributed by atoms with Gasteiger partial charge in [0.1, 0.15) is 0 Å². The second-order valence-corrected chi connectivity index (χ2v) is 16.7. The molecule has 2 aliphatic heterocycles. The molecule has 0 radical (unpaired) electrons. The molecule has 51 heavy (non-hydrogen) atoms. The molecule has 6 aromatic rings. The van der Waals surface area contributed by atoms with Crippen molar-refractivity contribution in [2.75, 3.05) is 9.80 Å². The molecule has 2 heterocycles. The maximum absolute atomic E-state index is 14.7. The smallest absolute Gasteiger partial charge is 0.207 e. The normalized spacial score (nSPS) is 15.4. The summed E-state index contributed by atoms with van der Waals surface area (Å²) >= 11 is 0. The standard InChI is InChI=1S/C46H44N2O2S/c1-7-31-29-33(47-39-21-13-9-17-35(39)45(3,4)36-18-10-14-22-40(36)47)25-27-43(31)51(49,50)44-28-26-34(30-32(44)8-2)48-41-23-15-11-19-37(41)46(5,6)38-20-12-16-24-42(38)48/h9-30H,7-8H2,1-6H3. The van der Waals surface area contributed by atoms with Crippen LogP contribution in [0.4, 0.5) is 34.1 Å². The first-order valence-corrected chi connectivity index (χ1v) is 19.5. The minimum atomic E-state index is -3.84. The summed E-state index contributed by atoms with van der Waals surface area (Å²) in [5.41, 5.74) is 12.6. The molecule has 0 spiro atoms. The van der Waals surface area contributed by atoms with Crippen molar-refractivity contribution < 1.29 is 8.42 Å². The molecule has 5 heteroatoms. The highest BCUT2D eigenvalue weighted by atomic mass is 32.2. The molecule has 0 saturated heterocycles. The monoisotopic (exact) mass is 688 g/mol. The second kappa shape index (κ2) is 12.0. The second-order valence-electron chi connectivity index (χ2n) is 14.8. The maximum Gasteiger partial charge on any atom is 0.207 e. The highest BCUT2D eigenvalue weighted by Crippen LogP contribution is 2.53. The first kappa shape index (κ1) is 33.0. The van der Waals surface area contributed by atoms with Gasteiger partial charge in [0.05, 0.1) is 32.5 Å². The molecular weight excluding hydrogens is 645 g/mol. The predicted molar refractivity (Wildman–Crippen MR) is 211 cm³/mol. The van der Waals surface area contributed by atoms with Crippen LogP contribution in [0, 0.1) is 0 Å². The molecule has 8 rings (SSSR count). The van der Waals surface area contributed by atoms with E-state index < -0.39 is 9.84 Å². The quantitative estimate of drug-likeness (QED) is 0.175. The van der Waals surface area contributed by atoms with Crippen molar-refractivity contribution in [2.24, 2.45) is 0 Å². The molecule has 2 aliphatic rings.